The summed E-state index contributed by atoms with van der Waals surface area (Å²) < 4.78 is 2.13. The lowest BCUT2D eigenvalue weighted by molar-refractivity contribution is 0.558. The van der Waals surface area contributed by atoms with Crippen molar-refractivity contribution in [3.63, 3.8) is 0 Å². The summed E-state index contributed by atoms with van der Waals surface area (Å²) in [5, 5.41) is 4.28. The van der Waals surface area contributed by atoms with Crippen molar-refractivity contribution in [1.29, 1.82) is 0 Å². The van der Waals surface area contributed by atoms with Crippen LogP contribution in [0.2, 0.25) is 5.02 Å². The maximum atomic E-state index is 5.87. The van der Waals surface area contributed by atoms with E-state index in [2.05, 4.69) is 54.3 Å². The Bertz CT molecular complexity index is 473. The molecule has 17 heavy (non-hydrogen) atoms. The summed E-state index contributed by atoms with van der Waals surface area (Å²) in [6.45, 7) is 3.03. The highest BCUT2D eigenvalue weighted by molar-refractivity contribution is 6.30. The van der Waals surface area contributed by atoms with Gasteiger partial charge in [-0.3, -0.25) is 0 Å². The molecule has 3 heteroatoms. The lowest BCUT2D eigenvalue weighted by Crippen LogP contribution is -2.19. The zero-order chi connectivity index (χ0) is 12.3. The van der Waals surface area contributed by atoms with Gasteiger partial charge in [-0.15, -0.1) is 0 Å². The second-order valence-corrected chi connectivity index (χ2v) is 4.70. The Morgan fingerprint density at radius 2 is 1.94 bits per heavy atom. The molecule has 1 aromatic carbocycles. The molecule has 2 aromatic rings. The lowest BCUT2D eigenvalue weighted by Gasteiger charge is -2.14. The predicted molar refractivity (Wildman–Crippen MR) is 72.1 cm³/mol. The molecule has 0 amide bonds. The number of hydrogen-bond acceptors (Lipinski definition) is 1. The Kier molecular flexibility index (Phi) is 3.87. The average molecular weight is 249 g/mol. The van der Waals surface area contributed by atoms with Crippen LogP contribution in [0.15, 0.2) is 42.6 Å². The van der Waals surface area contributed by atoms with Crippen LogP contribution >= 0.6 is 11.6 Å². The van der Waals surface area contributed by atoms with Crippen LogP contribution < -0.4 is 5.32 Å². The van der Waals surface area contributed by atoms with E-state index in [0.717, 1.165) is 11.6 Å². The molecule has 2 rings (SSSR count). The van der Waals surface area contributed by atoms with Gasteiger partial charge in [-0.2, -0.15) is 0 Å². The molecule has 2 nitrogen and oxygen atoms in total. The van der Waals surface area contributed by atoms with Gasteiger partial charge in [0.05, 0.1) is 0 Å². The number of benzene rings is 1. The van der Waals surface area contributed by atoms with E-state index < -0.39 is 0 Å². The van der Waals surface area contributed by atoms with E-state index in [4.69, 9.17) is 11.6 Å². The van der Waals surface area contributed by atoms with Gasteiger partial charge in [0.2, 0.25) is 0 Å². The van der Waals surface area contributed by atoms with Crippen LogP contribution in [-0.2, 0) is 13.6 Å². The van der Waals surface area contributed by atoms with Crippen molar-refractivity contribution in [2.45, 2.75) is 19.5 Å². The molecule has 0 fully saturated rings. The van der Waals surface area contributed by atoms with Crippen molar-refractivity contribution in [3.8, 4) is 0 Å². The molecule has 0 unspecified atom stereocenters. The Hall–Kier alpha value is -1.25. The largest absolute Gasteiger partial charge is 0.353 e. The highest BCUT2D eigenvalue weighted by Crippen LogP contribution is 2.16. The van der Waals surface area contributed by atoms with Crippen LogP contribution in [0, 0.1) is 0 Å². The van der Waals surface area contributed by atoms with Crippen molar-refractivity contribution in [1.82, 2.24) is 9.88 Å². The first-order valence-corrected chi connectivity index (χ1v) is 6.13. The van der Waals surface area contributed by atoms with Gasteiger partial charge >= 0.3 is 0 Å². The molecule has 0 aliphatic heterocycles. The number of rotatable bonds is 4. The van der Waals surface area contributed by atoms with Gasteiger partial charge in [-0.1, -0.05) is 23.7 Å². The molecule has 1 N–H and O–H groups in total. The monoisotopic (exact) mass is 248 g/mol. The normalized spacial score (nSPS) is 12.6. The maximum absolute atomic E-state index is 5.87. The van der Waals surface area contributed by atoms with Gasteiger partial charge in [-0.05, 0) is 36.8 Å². The second-order valence-electron chi connectivity index (χ2n) is 4.26. The van der Waals surface area contributed by atoms with Crippen LogP contribution in [0.1, 0.15) is 24.2 Å². The van der Waals surface area contributed by atoms with Crippen LogP contribution in [0.5, 0.6) is 0 Å². The minimum atomic E-state index is 0.321. The standard InChI is InChI=1S/C14H17ClN2/c1-11(12-5-7-13(15)8-6-12)16-10-14-4-3-9-17(14)2/h3-9,11,16H,10H2,1-2H3/t11-/m0/s1. The number of hydrogen-bond donors (Lipinski definition) is 1. The third-order valence-electron chi connectivity index (χ3n) is 3.01. The third-order valence-corrected chi connectivity index (χ3v) is 3.26. The minimum Gasteiger partial charge on any atom is -0.353 e. The summed E-state index contributed by atoms with van der Waals surface area (Å²) in [5.74, 6) is 0. The van der Waals surface area contributed by atoms with Gasteiger partial charge in [0.25, 0.3) is 0 Å². The van der Waals surface area contributed by atoms with Crippen molar-refractivity contribution in [2.24, 2.45) is 7.05 Å². The fourth-order valence-corrected chi connectivity index (χ4v) is 1.93. The summed E-state index contributed by atoms with van der Waals surface area (Å²) in [6, 6.07) is 12.5. The van der Waals surface area contributed by atoms with E-state index >= 15 is 0 Å². The first-order valence-electron chi connectivity index (χ1n) is 5.76. The highest BCUT2D eigenvalue weighted by Gasteiger charge is 2.05. The Labute approximate surface area is 107 Å². The number of nitrogens with zero attached hydrogens (tertiary/aromatic N) is 1. The van der Waals surface area contributed by atoms with Crippen molar-refractivity contribution >= 4 is 11.6 Å². The first-order chi connectivity index (χ1) is 8.16. The fraction of sp³-hybridized carbons (Fsp3) is 0.286. The van der Waals surface area contributed by atoms with Crippen LogP contribution in [0.25, 0.3) is 0 Å². The third kappa shape index (κ3) is 3.11. The van der Waals surface area contributed by atoms with E-state index in [9.17, 15) is 0 Å². The topological polar surface area (TPSA) is 17.0 Å². The van der Waals surface area contributed by atoms with E-state index in [1.165, 1.54) is 11.3 Å². The molecular formula is C14H17ClN2. The SMILES string of the molecule is C[C@H](NCc1cccn1C)c1ccc(Cl)cc1. The maximum Gasteiger partial charge on any atom is 0.0406 e. The molecule has 1 aromatic heterocycles. The molecule has 0 saturated carbocycles. The summed E-state index contributed by atoms with van der Waals surface area (Å²) in [5.41, 5.74) is 2.54. The number of nitrogens with one attached hydrogen (secondary N) is 1. The molecule has 0 bridgehead atoms. The Balaban J connectivity index is 1.95. The molecule has 0 radical (unpaired) electrons. The summed E-state index contributed by atoms with van der Waals surface area (Å²) >= 11 is 5.87. The van der Waals surface area contributed by atoms with Gasteiger partial charge in [-0.25, -0.2) is 0 Å². The molecule has 90 valence electrons. The Morgan fingerprint density at radius 3 is 2.53 bits per heavy atom. The van der Waals surface area contributed by atoms with Crippen molar-refractivity contribution in [2.75, 3.05) is 0 Å². The predicted octanol–water partition coefficient (Wildman–Crippen LogP) is 3.53. The van der Waals surface area contributed by atoms with E-state index in [1.807, 2.05) is 12.1 Å². The molecule has 0 saturated heterocycles. The number of halogens is 1. The van der Waals surface area contributed by atoms with Crippen molar-refractivity contribution in [3.05, 3.63) is 58.9 Å². The van der Waals surface area contributed by atoms with E-state index in [0.29, 0.717) is 6.04 Å². The molecule has 0 aliphatic carbocycles. The molecule has 1 heterocycles. The molecule has 0 spiro atoms. The molecular weight excluding hydrogens is 232 g/mol. The van der Waals surface area contributed by atoms with Gasteiger partial charge < -0.3 is 9.88 Å². The average Bonchev–Trinajstić information content (AvgIpc) is 2.73. The number of aromatic nitrogens is 1. The quantitative estimate of drug-likeness (QED) is 0.876. The van der Waals surface area contributed by atoms with Crippen LogP contribution in [0.4, 0.5) is 0 Å². The summed E-state index contributed by atoms with van der Waals surface area (Å²) in [6.07, 6.45) is 2.06. The highest BCUT2D eigenvalue weighted by atomic mass is 35.5. The van der Waals surface area contributed by atoms with Crippen LogP contribution in [0.3, 0.4) is 0 Å². The zero-order valence-electron chi connectivity index (χ0n) is 10.2. The van der Waals surface area contributed by atoms with Crippen LogP contribution in [-0.4, -0.2) is 4.57 Å². The van der Waals surface area contributed by atoms with Gasteiger partial charge in [0.15, 0.2) is 0 Å². The smallest absolute Gasteiger partial charge is 0.0406 e. The first kappa shape index (κ1) is 12.2. The number of aryl methyl sites for hydroxylation is 1. The summed E-state index contributed by atoms with van der Waals surface area (Å²) in [4.78, 5) is 0. The van der Waals surface area contributed by atoms with E-state index in [1.54, 1.807) is 0 Å². The molecule has 1 atom stereocenters. The van der Waals surface area contributed by atoms with Gasteiger partial charge in [0.1, 0.15) is 0 Å². The van der Waals surface area contributed by atoms with E-state index in [-0.39, 0.29) is 0 Å². The fourth-order valence-electron chi connectivity index (χ4n) is 1.81. The van der Waals surface area contributed by atoms with Crippen molar-refractivity contribution < 1.29 is 0 Å². The summed E-state index contributed by atoms with van der Waals surface area (Å²) in [7, 11) is 2.06. The zero-order valence-corrected chi connectivity index (χ0v) is 10.9. The minimum absolute atomic E-state index is 0.321. The molecule has 0 aliphatic rings. The second kappa shape index (κ2) is 5.39. The lowest BCUT2D eigenvalue weighted by atomic mass is 10.1. The Morgan fingerprint density at radius 1 is 1.24 bits per heavy atom. The van der Waals surface area contributed by atoms with Gasteiger partial charge in [0, 0.05) is 36.5 Å².